The van der Waals surface area contributed by atoms with Gasteiger partial charge in [-0.05, 0) is 35.7 Å². The molecule has 0 aliphatic heterocycles. The van der Waals surface area contributed by atoms with E-state index in [9.17, 15) is 14.0 Å². The van der Waals surface area contributed by atoms with Crippen molar-refractivity contribution in [3.8, 4) is 0 Å². The summed E-state index contributed by atoms with van der Waals surface area (Å²) in [4.78, 5) is 24.4. The first-order valence-corrected chi connectivity index (χ1v) is 4.80. The third-order valence-corrected chi connectivity index (χ3v) is 2.24. The van der Waals surface area contributed by atoms with Gasteiger partial charge in [-0.25, -0.2) is 9.18 Å². The maximum absolute atomic E-state index is 12.9. The number of carboxylic acids is 1. The highest BCUT2D eigenvalue weighted by Gasteiger charge is 2.01. The SMILES string of the molecule is O=C(O)/C=C/c1cc2ccc(F)cc2[nH]c1=O. The zero-order valence-electron chi connectivity index (χ0n) is 8.61. The zero-order valence-corrected chi connectivity index (χ0v) is 8.61. The van der Waals surface area contributed by atoms with Crippen LogP contribution in [0.4, 0.5) is 4.39 Å². The molecule has 0 radical (unpaired) electrons. The Morgan fingerprint density at radius 2 is 2.12 bits per heavy atom. The molecule has 0 saturated carbocycles. The maximum atomic E-state index is 12.9. The fourth-order valence-electron chi connectivity index (χ4n) is 1.48. The molecule has 0 bridgehead atoms. The summed E-state index contributed by atoms with van der Waals surface area (Å²) in [6.07, 6.45) is 2.07. The van der Waals surface area contributed by atoms with Gasteiger partial charge in [0.05, 0.1) is 5.52 Å². The lowest BCUT2D eigenvalue weighted by atomic mass is 10.1. The van der Waals surface area contributed by atoms with Gasteiger partial charge in [0.25, 0.3) is 5.56 Å². The van der Waals surface area contributed by atoms with E-state index < -0.39 is 17.3 Å². The molecule has 0 unspecified atom stereocenters. The van der Waals surface area contributed by atoms with Gasteiger partial charge in [0.2, 0.25) is 0 Å². The van der Waals surface area contributed by atoms with E-state index in [1.54, 1.807) is 0 Å². The van der Waals surface area contributed by atoms with Crippen LogP contribution in [0.25, 0.3) is 17.0 Å². The first-order chi connectivity index (χ1) is 8.06. The van der Waals surface area contributed by atoms with Crippen molar-refractivity contribution < 1.29 is 14.3 Å². The van der Waals surface area contributed by atoms with Gasteiger partial charge in [-0.2, -0.15) is 0 Å². The summed E-state index contributed by atoms with van der Waals surface area (Å²) in [5, 5.41) is 9.10. The Balaban J connectivity index is 2.60. The molecule has 2 aromatic rings. The Morgan fingerprint density at radius 1 is 1.35 bits per heavy atom. The van der Waals surface area contributed by atoms with Crippen LogP contribution in [0, 0.1) is 5.82 Å². The van der Waals surface area contributed by atoms with Crippen molar-refractivity contribution in [1.82, 2.24) is 4.98 Å². The van der Waals surface area contributed by atoms with Crippen LogP contribution in [0.2, 0.25) is 0 Å². The van der Waals surface area contributed by atoms with Gasteiger partial charge in [-0.3, -0.25) is 4.79 Å². The predicted octanol–water partition coefficient (Wildman–Crippen LogP) is 1.76. The highest BCUT2D eigenvalue weighted by atomic mass is 19.1. The minimum absolute atomic E-state index is 0.214. The quantitative estimate of drug-likeness (QED) is 0.776. The zero-order chi connectivity index (χ0) is 12.4. The molecule has 0 amide bonds. The molecule has 0 atom stereocenters. The van der Waals surface area contributed by atoms with Crippen LogP contribution >= 0.6 is 0 Å². The van der Waals surface area contributed by atoms with Crippen LogP contribution in [-0.4, -0.2) is 16.1 Å². The largest absolute Gasteiger partial charge is 0.478 e. The summed E-state index contributed by atoms with van der Waals surface area (Å²) in [6, 6.07) is 5.50. The summed E-state index contributed by atoms with van der Waals surface area (Å²) < 4.78 is 12.9. The monoisotopic (exact) mass is 233 g/mol. The number of nitrogens with one attached hydrogen (secondary N) is 1. The van der Waals surface area contributed by atoms with Crippen LogP contribution in [0.1, 0.15) is 5.56 Å². The van der Waals surface area contributed by atoms with E-state index in [0.29, 0.717) is 10.9 Å². The van der Waals surface area contributed by atoms with Crippen molar-refractivity contribution in [2.45, 2.75) is 0 Å². The summed E-state index contributed by atoms with van der Waals surface area (Å²) in [5.74, 6) is -1.58. The third kappa shape index (κ3) is 2.39. The molecule has 1 aromatic heterocycles. The number of hydrogen-bond donors (Lipinski definition) is 2. The fourth-order valence-corrected chi connectivity index (χ4v) is 1.48. The number of pyridine rings is 1. The van der Waals surface area contributed by atoms with E-state index in [2.05, 4.69) is 4.98 Å². The van der Waals surface area contributed by atoms with Crippen molar-refractivity contribution in [1.29, 1.82) is 0 Å². The van der Waals surface area contributed by atoms with Crippen LogP contribution < -0.4 is 5.56 Å². The summed E-state index contributed by atoms with van der Waals surface area (Å²) in [6.45, 7) is 0. The van der Waals surface area contributed by atoms with Gasteiger partial charge in [0.1, 0.15) is 5.82 Å². The summed E-state index contributed by atoms with van der Waals surface area (Å²) in [5.41, 5.74) is 0.134. The topological polar surface area (TPSA) is 70.2 Å². The first-order valence-electron chi connectivity index (χ1n) is 4.80. The second kappa shape index (κ2) is 4.21. The van der Waals surface area contributed by atoms with Crippen LogP contribution in [0.15, 0.2) is 35.1 Å². The van der Waals surface area contributed by atoms with Crippen molar-refractivity contribution in [3.05, 3.63) is 52.1 Å². The molecular weight excluding hydrogens is 225 g/mol. The van der Waals surface area contributed by atoms with Gasteiger partial charge in [-0.1, -0.05) is 0 Å². The maximum Gasteiger partial charge on any atom is 0.328 e. The molecule has 0 fully saturated rings. The molecule has 17 heavy (non-hydrogen) atoms. The van der Waals surface area contributed by atoms with Gasteiger partial charge in [0.15, 0.2) is 0 Å². The smallest absolute Gasteiger partial charge is 0.328 e. The standard InChI is InChI=1S/C12H8FNO3/c13-9-3-1-7-5-8(2-4-11(15)16)12(17)14-10(7)6-9/h1-6H,(H,14,17)(H,15,16)/b4-2+. The number of fused-ring (bicyclic) bond motifs is 1. The Labute approximate surface area is 95.0 Å². The molecule has 0 spiro atoms. The van der Waals surface area contributed by atoms with Crippen molar-refractivity contribution in [3.63, 3.8) is 0 Å². The molecule has 1 aromatic carbocycles. The Kier molecular flexibility index (Phi) is 2.74. The molecule has 1 heterocycles. The van der Waals surface area contributed by atoms with Crippen molar-refractivity contribution in [2.75, 3.05) is 0 Å². The van der Waals surface area contributed by atoms with Crippen molar-refractivity contribution >= 4 is 22.9 Å². The molecular formula is C12H8FNO3. The lowest BCUT2D eigenvalue weighted by molar-refractivity contribution is -0.131. The molecule has 0 saturated heterocycles. The lowest BCUT2D eigenvalue weighted by Crippen LogP contribution is -2.09. The number of H-pyrrole nitrogens is 1. The van der Waals surface area contributed by atoms with Crippen LogP contribution in [0.5, 0.6) is 0 Å². The Hall–Kier alpha value is -2.43. The minimum atomic E-state index is -1.14. The normalized spacial score (nSPS) is 11.1. The minimum Gasteiger partial charge on any atom is -0.478 e. The van der Waals surface area contributed by atoms with Gasteiger partial charge < -0.3 is 10.1 Å². The second-order valence-corrected chi connectivity index (χ2v) is 3.46. The van der Waals surface area contributed by atoms with E-state index >= 15 is 0 Å². The van der Waals surface area contributed by atoms with E-state index in [4.69, 9.17) is 5.11 Å². The number of hydrogen-bond acceptors (Lipinski definition) is 2. The molecule has 5 heteroatoms. The average molecular weight is 233 g/mol. The molecule has 2 N–H and O–H groups in total. The van der Waals surface area contributed by atoms with Crippen LogP contribution in [-0.2, 0) is 4.79 Å². The third-order valence-electron chi connectivity index (χ3n) is 2.24. The number of carbonyl (C=O) groups is 1. The van der Waals surface area contributed by atoms with Crippen molar-refractivity contribution in [2.24, 2.45) is 0 Å². The highest BCUT2D eigenvalue weighted by Crippen LogP contribution is 2.13. The van der Waals surface area contributed by atoms with E-state index in [1.165, 1.54) is 30.3 Å². The average Bonchev–Trinajstić information content (AvgIpc) is 2.26. The molecule has 2 rings (SSSR count). The fraction of sp³-hybridized carbons (Fsp3) is 0. The summed E-state index contributed by atoms with van der Waals surface area (Å²) >= 11 is 0. The Bertz CT molecular complexity index is 673. The molecule has 86 valence electrons. The number of aromatic nitrogens is 1. The highest BCUT2D eigenvalue weighted by molar-refractivity contribution is 5.87. The van der Waals surface area contributed by atoms with E-state index in [0.717, 1.165) is 6.08 Å². The molecule has 0 aliphatic rings. The number of aliphatic carboxylic acids is 1. The molecule has 4 nitrogen and oxygen atoms in total. The molecule has 0 aliphatic carbocycles. The lowest BCUT2D eigenvalue weighted by Gasteiger charge is -1.99. The second-order valence-electron chi connectivity index (χ2n) is 3.46. The van der Waals surface area contributed by atoms with Crippen LogP contribution in [0.3, 0.4) is 0 Å². The number of halogens is 1. The Morgan fingerprint density at radius 3 is 2.82 bits per heavy atom. The van der Waals surface area contributed by atoms with Gasteiger partial charge >= 0.3 is 5.97 Å². The number of rotatable bonds is 2. The number of carboxylic acid groups (broad SMARTS) is 1. The first kappa shape index (κ1) is 11.1. The van der Waals surface area contributed by atoms with E-state index in [-0.39, 0.29) is 5.56 Å². The predicted molar refractivity (Wildman–Crippen MR) is 61.2 cm³/mol. The van der Waals surface area contributed by atoms with Gasteiger partial charge in [-0.15, -0.1) is 0 Å². The number of aromatic amines is 1. The van der Waals surface area contributed by atoms with Gasteiger partial charge in [0, 0.05) is 11.6 Å². The van der Waals surface area contributed by atoms with E-state index in [1.807, 2.05) is 0 Å². The summed E-state index contributed by atoms with van der Waals surface area (Å²) in [7, 11) is 0. The number of benzene rings is 1.